The summed E-state index contributed by atoms with van der Waals surface area (Å²) in [7, 11) is 0. The number of hydrogen-bond donors (Lipinski definition) is 3. The second-order valence-electron chi connectivity index (χ2n) is 6.81. The van der Waals surface area contributed by atoms with Gasteiger partial charge in [0.2, 0.25) is 0 Å². The van der Waals surface area contributed by atoms with E-state index in [4.69, 9.17) is 14.9 Å². The Morgan fingerprint density at radius 3 is 2.67 bits per heavy atom. The smallest absolute Gasteiger partial charge is 0.341 e. The molecule has 0 aromatic heterocycles. The summed E-state index contributed by atoms with van der Waals surface area (Å²) in [6, 6.07) is 5.65. The highest BCUT2D eigenvalue weighted by Crippen LogP contribution is 2.48. The van der Waals surface area contributed by atoms with Crippen LogP contribution in [0.5, 0.6) is 5.75 Å². The first-order valence-corrected chi connectivity index (χ1v) is 8.31. The number of fused-ring (bicyclic) bond motifs is 2. The molecule has 1 aromatic rings. The van der Waals surface area contributed by atoms with Crippen molar-refractivity contribution in [1.29, 1.82) is 0 Å². The highest BCUT2D eigenvalue weighted by molar-refractivity contribution is 5.68. The predicted molar refractivity (Wildman–Crippen MR) is 84.9 cm³/mol. The van der Waals surface area contributed by atoms with E-state index in [1.54, 1.807) is 6.07 Å². The van der Waals surface area contributed by atoms with Crippen molar-refractivity contribution in [2.45, 2.75) is 38.2 Å². The maximum absolute atomic E-state index is 10.8. The average Bonchev–Trinajstić information content (AvgIpc) is 2.83. The quantitative estimate of drug-likeness (QED) is 0.732. The van der Waals surface area contributed by atoms with Gasteiger partial charge in [-0.15, -0.1) is 0 Å². The van der Waals surface area contributed by atoms with Crippen LogP contribution in [0, 0.1) is 17.8 Å². The van der Waals surface area contributed by atoms with Gasteiger partial charge >= 0.3 is 11.9 Å². The van der Waals surface area contributed by atoms with Gasteiger partial charge < -0.3 is 20.1 Å². The van der Waals surface area contributed by atoms with Crippen molar-refractivity contribution in [3.63, 3.8) is 0 Å². The summed E-state index contributed by atoms with van der Waals surface area (Å²) in [4.78, 5) is 21.6. The average molecular weight is 334 g/mol. The lowest BCUT2D eigenvalue weighted by Gasteiger charge is -2.32. The fourth-order valence-corrected chi connectivity index (χ4v) is 4.37. The summed E-state index contributed by atoms with van der Waals surface area (Å²) in [6.07, 6.45) is 2.32. The van der Waals surface area contributed by atoms with Gasteiger partial charge in [-0.1, -0.05) is 12.1 Å². The molecule has 1 aromatic carbocycles. The lowest BCUT2D eigenvalue weighted by Crippen LogP contribution is -2.27. The SMILES string of the molecule is O=C(O)CC[C@@H]1[C@H]2Cc3cccc(OCC(=O)O)c3C[C@H]2C[C@H]1O. The van der Waals surface area contributed by atoms with Gasteiger partial charge in [-0.3, -0.25) is 4.79 Å². The van der Waals surface area contributed by atoms with Gasteiger partial charge in [-0.25, -0.2) is 4.79 Å². The van der Waals surface area contributed by atoms with Crippen LogP contribution in [0.4, 0.5) is 0 Å². The molecule has 0 radical (unpaired) electrons. The normalized spacial score (nSPS) is 28.0. The summed E-state index contributed by atoms with van der Waals surface area (Å²) in [5, 5.41) is 28.1. The topological polar surface area (TPSA) is 104 Å². The highest BCUT2D eigenvalue weighted by Gasteiger charge is 2.44. The number of aliphatic hydroxyl groups excluding tert-OH is 1. The van der Waals surface area contributed by atoms with Crippen LogP contribution in [0.25, 0.3) is 0 Å². The standard InChI is InChI=1S/C18H22O6/c19-15-8-11-7-14-10(2-1-3-16(14)24-9-18(22)23)6-13(11)12(15)4-5-17(20)21/h1-3,11-13,15,19H,4-9H2,(H,20,21)(H,22,23)/t11-,12+,13-,15+/m0/s1. The molecule has 2 aliphatic carbocycles. The number of ether oxygens (including phenoxy) is 1. The summed E-state index contributed by atoms with van der Waals surface area (Å²) in [6.45, 7) is -0.367. The minimum absolute atomic E-state index is 0.0165. The van der Waals surface area contributed by atoms with Crippen molar-refractivity contribution in [2.75, 3.05) is 6.61 Å². The van der Waals surface area contributed by atoms with Crippen LogP contribution in [0.2, 0.25) is 0 Å². The van der Waals surface area contributed by atoms with Crippen molar-refractivity contribution >= 4 is 11.9 Å². The maximum atomic E-state index is 10.8. The van der Waals surface area contributed by atoms with Crippen LogP contribution < -0.4 is 4.74 Å². The molecule has 1 saturated carbocycles. The minimum atomic E-state index is -1.01. The van der Waals surface area contributed by atoms with Gasteiger partial charge in [0.25, 0.3) is 0 Å². The zero-order valence-corrected chi connectivity index (χ0v) is 13.4. The Balaban J connectivity index is 1.78. The Hall–Kier alpha value is -2.08. The van der Waals surface area contributed by atoms with E-state index in [1.165, 1.54) is 0 Å². The molecule has 0 spiro atoms. The van der Waals surface area contributed by atoms with Crippen LogP contribution in [0.3, 0.4) is 0 Å². The Bertz CT molecular complexity index is 640. The summed E-state index contributed by atoms with van der Waals surface area (Å²) in [5.74, 6) is -0.639. The van der Waals surface area contributed by atoms with Crippen LogP contribution in [-0.4, -0.2) is 40.0 Å². The highest BCUT2D eigenvalue weighted by atomic mass is 16.5. The molecule has 130 valence electrons. The fraction of sp³-hybridized carbons (Fsp3) is 0.556. The van der Waals surface area contributed by atoms with Crippen molar-refractivity contribution in [3.05, 3.63) is 29.3 Å². The lowest BCUT2D eigenvalue weighted by molar-refractivity contribution is -0.139. The molecule has 0 heterocycles. The Morgan fingerprint density at radius 1 is 1.17 bits per heavy atom. The van der Waals surface area contributed by atoms with Gasteiger partial charge in [-0.05, 0) is 60.6 Å². The van der Waals surface area contributed by atoms with Crippen LogP contribution in [0.1, 0.15) is 30.4 Å². The molecule has 6 nitrogen and oxygen atoms in total. The molecule has 3 N–H and O–H groups in total. The lowest BCUT2D eigenvalue weighted by atomic mass is 9.73. The Kier molecular flexibility index (Phi) is 4.76. The fourth-order valence-electron chi connectivity index (χ4n) is 4.37. The number of hydrogen-bond acceptors (Lipinski definition) is 4. The molecule has 0 amide bonds. The maximum Gasteiger partial charge on any atom is 0.341 e. The van der Waals surface area contributed by atoms with Gasteiger partial charge in [0.05, 0.1) is 6.10 Å². The number of aliphatic hydroxyl groups is 1. The van der Waals surface area contributed by atoms with Gasteiger partial charge in [0, 0.05) is 6.42 Å². The molecule has 6 heteroatoms. The molecular formula is C18H22O6. The van der Waals surface area contributed by atoms with E-state index in [1.807, 2.05) is 12.1 Å². The molecule has 3 rings (SSSR count). The molecule has 4 atom stereocenters. The Labute approximate surface area is 140 Å². The number of carboxylic acid groups (broad SMARTS) is 2. The first kappa shape index (κ1) is 16.8. The second kappa shape index (κ2) is 6.81. The van der Waals surface area contributed by atoms with Crippen molar-refractivity contribution in [1.82, 2.24) is 0 Å². The molecule has 1 fully saturated rings. The molecule has 2 aliphatic rings. The number of benzene rings is 1. The van der Waals surface area contributed by atoms with Gasteiger partial charge in [-0.2, -0.15) is 0 Å². The molecular weight excluding hydrogens is 312 g/mol. The van der Waals surface area contributed by atoms with Crippen molar-refractivity contribution < 1.29 is 29.6 Å². The van der Waals surface area contributed by atoms with Crippen LogP contribution >= 0.6 is 0 Å². The van der Waals surface area contributed by atoms with E-state index in [-0.39, 0.29) is 24.9 Å². The number of carbonyl (C=O) groups is 2. The molecule has 0 bridgehead atoms. The summed E-state index contributed by atoms with van der Waals surface area (Å²) >= 11 is 0. The van der Waals surface area contributed by atoms with Crippen LogP contribution in [-0.2, 0) is 22.4 Å². The molecule has 0 saturated heterocycles. The van der Waals surface area contributed by atoms with E-state index in [2.05, 4.69) is 0 Å². The number of aliphatic carboxylic acids is 2. The Morgan fingerprint density at radius 2 is 1.96 bits per heavy atom. The largest absolute Gasteiger partial charge is 0.482 e. The zero-order chi connectivity index (χ0) is 17.3. The predicted octanol–water partition coefficient (Wildman–Crippen LogP) is 1.73. The molecule has 0 unspecified atom stereocenters. The van der Waals surface area contributed by atoms with Crippen LogP contribution in [0.15, 0.2) is 18.2 Å². The monoisotopic (exact) mass is 334 g/mol. The first-order chi connectivity index (χ1) is 11.5. The number of carboxylic acids is 2. The van der Waals surface area contributed by atoms with E-state index in [9.17, 15) is 14.7 Å². The first-order valence-electron chi connectivity index (χ1n) is 8.31. The van der Waals surface area contributed by atoms with E-state index in [0.717, 1.165) is 24.0 Å². The van der Waals surface area contributed by atoms with E-state index < -0.39 is 18.0 Å². The van der Waals surface area contributed by atoms with Crippen molar-refractivity contribution in [2.24, 2.45) is 17.8 Å². The third-order valence-corrected chi connectivity index (χ3v) is 5.39. The van der Waals surface area contributed by atoms with Gasteiger partial charge in [0.15, 0.2) is 6.61 Å². The van der Waals surface area contributed by atoms with E-state index in [0.29, 0.717) is 24.5 Å². The third kappa shape index (κ3) is 3.38. The zero-order valence-electron chi connectivity index (χ0n) is 13.4. The molecule has 0 aliphatic heterocycles. The van der Waals surface area contributed by atoms with Gasteiger partial charge in [0.1, 0.15) is 5.75 Å². The minimum Gasteiger partial charge on any atom is -0.482 e. The second-order valence-corrected chi connectivity index (χ2v) is 6.81. The molecule has 24 heavy (non-hydrogen) atoms. The van der Waals surface area contributed by atoms with E-state index >= 15 is 0 Å². The van der Waals surface area contributed by atoms with Crippen molar-refractivity contribution in [3.8, 4) is 5.75 Å². The third-order valence-electron chi connectivity index (χ3n) is 5.39. The summed E-state index contributed by atoms with van der Waals surface area (Å²) in [5.41, 5.74) is 2.15. The number of rotatable bonds is 6. The summed E-state index contributed by atoms with van der Waals surface area (Å²) < 4.78 is 5.41.